The normalized spacial score (nSPS) is 11.1. The van der Waals surface area contributed by atoms with Crippen molar-refractivity contribution in [3.8, 4) is 0 Å². The van der Waals surface area contributed by atoms with Crippen molar-refractivity contribution in [1.82, 2.24) is 9.13 Å². The van der Waals surface area contributed by atoms with Crippen LogP contribution in [0.25, 0.3) is 10.9 Å². The van der Waals surface area contributed by atoms with Gasteiger partial charge in [-0.05, 0) is 19.4 Å². The van der Waals surface area contributed by atoms with E-state index in [0.29, 0.717) is 17.6 Å². The fraction of sp³-hybridized carbons (Fsp3) is 0.364. The molecule has 15 heavy (non-hydrogen) atoms. The lowest BCUT2D eigenvalue weighted by atomic mass is 10.2. The van der Waals surface area contributed by atoms with Crippen molar-refractivity contribution >= 4 is 16.6 Å². The van der Waals surface area contributed by atoms with Gasteiger partial charge < -0.3 is 14.9 Å². The molecule has 4 heteroatoms. The maximum absolute atomic E-state index is 12.0. The third-order valence-electron chi connectivity index (χ3n) is 2.75. The van der Waals surface area contributed by atoms with Gasteiger partial charge in [0.2, 0.25) is 0 Å². The van der Waals surface area contributed by atoms with Crippen molar-refractivity contribution < 1.29 is 0 Å². The van der Waals surface area contributed by atoms with Crippen molar-refractivity contribution in [1.29, 1.82) is 0 Å². The highest BCUT2D eigenvalue weighted by atomic mass is 16.1. The lowest BCUT2D eigenvalue weighted by Gasteiger charge is -2.06. The summed E-state index contributed by atoms with van der Waals surface area (Å²) in [5, 5.41) is 0.638. The molecule has 0 spiro atoms. The van der Waals surface area contributed by atoms with E-state index >= 15 is 0 Å². The number of nitrogens with zero attached hydrogens (tertiary/aromatic N) is 2. The summed E-state index contributed by atoms with van der Waals surface area (Å²) in [6.07, 6.45) is 3.67. The zero-order valence-corrected chi connectivity index (χ0v) is 9.24. The highest BCUT2D eigenvalue weighted by Crippen LogP contribution is 2.21. The Balaban J connectivity index is 3.03. The molecule has 2 rings (SSSR count). The van der Waals surface area contributed by atoms with Crippen LogP contribution in [-0.4, -0.2) is 9.13 Å². The minimum atomic E-state index is -0.00352. The van der Waals surface area contributed by atoms with Crippen molar-refractivity contribution in [2.45, 2.75) is 20.4 Å². The van der Waals surface area contributed by atoms with E-state index in [1.165, 1.54) is 0 Å². The average Bonchev–Trinajstić information content (AvgIpc) is 2.48. The average molecular weight is 205 g/mol. The highest BCUT2D eigenvalue weighted by molar-refractivity contribution is 5.92. The quantitative estimate of drug-likeness (QED) is 0.761. The Morgan fingerprint density at radius 2 is 2.07 bits per heavy atom. The maximum Gasteiger partial charge on any atom is 0.262 e. The van der Waals surface area contributed by atoms with E-state index in [-0.39, 0.29) is 5.56 Å². The standard InChI is InChI=1S/C11H15N3O/c1-4-14-5-7(2)10-9(11(14)15)8(12)6-13(10)3/h5-6H,4,12H2,1-3H3. The fourth-order valence-electron chi connectivity index (χ4n) is 2.08. The lowest BCUT2D eigenvalue weighted by molar-refractivity contribution is 0.730. The predicted octanol–water partition coefficient (Wildman–Crippen LogP) is 1.25. The van der Waals surface area contributed by atoms with Gasteiger partial charge in [0, 0.05) is 26.0 Å². The molecule has 0 saturated carbocycles. The molecule has 2 heterocycles. The molecule has 0 atom stereocenters. The van der Waals surface area contributed by atoms with Crippen LogP contribution in [-0.2, 0) is 13.6 Å². The van der Waals surface area contributed by atoms with Crippen molar-refractivity contribution in [3.63, 3.8) is 0 Å². The number of pyridine rings is 1. The minimum absolute atomic E-state index is 0.00352. The smallest absolute Gasteiger partial charge is 0.262 e. The third kappa shape index (κ3) is 1.25. The number of aryl methyl sites for hydroxylation is 3. The zero-order chi connectivity index (χ0) is 11.2. The molecule has 0 bridgehead atoms. The highest BCUT2D eigenvalue weighted by Gasteiger charge is 2.12. The SMILES string of the molecule is CCn1cc(C)c2c(c(N)cn2C)c1=O. The summed E-state index contributed by atoms with van der Waals surface area (Å²) in [6.45, 7) is 4.61. The minimum Gasteiger partial charge on any atom is -0.397 e. The molecule has 0 unspecified atom stereocenters. The van der Waals surface area contributed by atoms with Crippen LogP contribution in [0.15, 0.2) is 17.2 Å². The number of hydrogen-bond donors (Lipinski definition) is 1. The van der Waals surface area contributed by atoms with Gasteiger partial charge in [-0.1, -0.05) is 0 Å². The summed E-state index contributed by atoms with van der Waals surface area (Å²) < 4.78 is 3.59. The van der Waals surface area contributed by atoms with E-state index < -0.39 is 0 Å². The van der Waals surface area contributed by atoms with E-state index in [1.54, 1.807) is 10.8 Å². The van der Waals surface area contributed by atoms with Crippen LogP contribution >= 0.6 is 0 Å². The Labute approximate surface area is 87.9 Å². The lowest BCUT2D eigenvalue weighted by Crippen LogP contribution is -2.19. The van der Waals surface area contributed by atoms with Gasteiger partial charge in [0.05, 0.1) is 16.6 Å². The second-order valence-electron chi connectivity index (χ2n) is 3.82. The molecule has 0 aromatic carbocycles. The first-order chi connectivity index (χ1) is 7.06. The summed E-state index contributed by atoms with van der Waals surface area (Å²) in [4.78, 5) is 12.0. The van der Waals surface area contributed by atoms with Gasteiger partial charge in [0.15, 0.2) is 0 Å². The second kappa shape index (κ2) is 3.15. The monoisotopic (exact) mass is 205 g/mol. The number of aromatic nitrogens is 2. The van der Waals surface area contributed by atoms with Crippen molar-refractivity contribution in [2.75, 3.05) is 5.73 Å². The molecule has 0 amide bonds. The zero-order valence-electron chi connectivity index (χ0n) is 9.24. The topological polar surface area (TPSA) is 52.9 Å². The first-order valence-electron chi connectivity index (χ1n) is 5.00. The molecule has 80 valence electrons. The fourth-order valence-corrected chi connectivity index (χ4v) is 2.08. The Bertz CT molecular complexity index is 578. The molecule has 0 fully saturated rings. The van der Waals surface area contributed by atoms with E-state index in [2.05, 4.69) is 0 Å². The molecule has 0 radical (unpaired) electrons. The Kier molecular flexibility index (Phi) is 2.07. The van der Waals surface area contributed by atoms with Gasteiger partial charge in [-0.3, -0.25) is 4.79 Å². The Morgan fingerprint density at radius 3 is 2.67 bits per heavy atom. The molecular weight excluding hydrogens is 190 g/mol. The van der Waals surface area contributed by atoms with Gasteiger partial charge in [0.1, 0.15) is 0 Å². The van der Waals surface area contributed by atoms with Crippen LogP contribution in [0.1, 0.15) is 12.5 Å². The summed E-state index contributed by atoms with van der Waals surface area (Å²) in [5.74, 6) is 0. The summed E-state index contributed by atoms with van der Waals surface area (Å²) in [6, 6.07) is 0. The summed E-state index contributed by atoms with van der Waals surface area (Å²) in [7, 11) is 1.90. The molecular formula is C11H15N3O. The number of hydrogen-bond acceptors (Lipinski definition) is 2. The predicted molar refractivity (Wildman–Crippen MR) is 62.0 cm³/mol. The van der Waals surface area contributed by atoms with Gasteiger partial charge >= 0.3 is 0 Å². The molecule has 0 aliphatic carbocycles. The van der Waals surface area contributed by atoms with Gasteiger partial charge in [-0.15, -0.1) is 0 Å². The molecule has 2 aromatic rings. The van der Waals surface area contributed by atoms with E-state index in [4.69, 9.17) is 5.73 Å². The summed E-state index contributed by atoms with van der Waals surface area (Å²) >= 11 is 0. The summed E-state index contributed by atoms with van der Waals surface area (Å²) in [5.41, 5.74) is 8.40. The first kappa shape index (κ1) is 9.83. The number of anilines is 1. The number of fused-ring (bicyclic) bond motifs is 1. The van der Waals surface area contributed by atoms with Crippen LogP contribution in [0, 0.1) is 6.92 Å². The van der Waals surface area contributed by atoms with Crippen LogP contribution in [0.3, 0.4) is 0 Å². The van der Waals surface area contributed by atoms with Crippen LogP contribution in [0.2, 0.25) is 0 Å². The molecule has 0 saturated heterocycles. The third-order valence-corrected chi connectivity index (χ3v) is 2.75. The second-order valence-corrected chi connectivity index (χ2v) is 3.82. The Hall–Kier alpha value is -1.71. The van der Waals surface area contributed by atoms with E-state index in [0.717, 1.165) is 11.1 Å². The maximum atomic E-state index is 12.0. The van der Waals surface area contributed by atoms with Crippen molar-refractivity contribution in [3.05, 3.63) is 28.3 Å². The number of nitrogens with two attached hydrogens (primary N) is 1. The Morgan fingerprint density at radius 1 is 1.40 bits per heavy atom. The van der Waals surface area contributed by atoms with E-state index in [1.807, 2.05) is 31.7 Å². The molecule has 2 N–H and O–H groups in total. The van der Waals surface area contributed by atoms with Gasteiger partial charge in [0.25, 0.3) is 5.56 Å². The molecule has 4 nitrogen and oxygen atoms in total. The van der Waals surface area contributed by atoms with Gasteiger partial charge in [-0.25, -0.2) is 0 Å². The number of rotatable bonds is 1. The molecule has 2 aromatic heterocycles. The molecule has 0 aliphatic rings. The van der Waals surface area contributed by atoms with Crippen LogP contribution < -0.4 is 11.3 Å². The van der Waals surface area contributed by atoms with E-state index in [9.17, 15) is 4.79 Å². The van der Waals surface area contributed by atoms with Gasteiger partial charge in [-0.2, -0.15) is 0 Å². The first-order valence-corrected chi connectivity index (χ1v) is 5.00. The molecule has 0 aliphatic heterocycles. The van der Waals surface area contributed by atoms with Crippen molar-refractivity contribution in [2.24, 2.45) is 7.05 Å². The number of nitrogen functional groups attached to an aromatic ring is 1. The largest absolute Gasteiger partial charge is 0.397 e. The van der Waals surface area contributed by atoms with Crippen LogP contribution in [0.4, 0.5) is 5.69 Å². The van der Waals surface area contributed by atoms with Crippen LogP contribution in [0.5, 0.6) is 0 Å².